The number of carbonyl (C=O) groups is 1. The Bertz CT molecular complexity index is 820. The normalized spacial score (nSPS) is 12.4. The molecule has 124 valence electrons. The third-order valence-corrected chi connectivity index (χ3v) is 4.74. The first-order valence-corrected chi connectivity index (χ1v) is 8.46. The second-order valence-electron chi connectivity index (χ2n) is 6.18. The quantitative estimate of drug-likeness (QED) is 0.521. The summed E-state index contributed by atoms with van der Waals surface area (Å²) in [5, 5.41) is 10.1. The molecule has 24 heavy (non-hydrogen) atoms. The monoisotopic (exact) mass is 321 g/mol. The number of unbranched alkanes of at least 4 members (excludes halogenated alkanes) is 1. The Kier molecular flexibility index (Phi) is 5.11. The molecule has 0 radical (unpaired) electrons. The lowest BCUT2D eigenvalue weighted by molar-refractivity contribution is 0.112. The van der Waals surface area contributed by atoms with Gasteiger partial charge in [-0.25, -0.2) is 0 Å². The summed E-state index contributed by atoms with van der Waals surface area (Å²) >= 11 is 0. The van der Waals surface area contributed by atoms with E-state index in [9.17, 15) is 4.79 Å². The molecule has 0 saturated heterocycles. The van der Waals surface area contributed by atoms with Crippen LogP contribution in [0, 0.1) is 0 Å². The molecule has 0 fully saturated rings. The summed E-state index contributed by atoms with van der Waals surface area (Å²) in [6.45, 7) is 0.206. The molecule has 0 aliphatic heterocycles. The number of para-hydroxylation sites is 1. The van der Waals surface area contributed by atoms with Crippen molar-refractivity contribution in [3.8, 4) is 0 Å². The Labute approximate surface area is 142 Å². The van der Waals surface area contributed by atoms with Gasteiger partial charge in [0.25, 0.3) is 0 Å². The van der Waals surface area contributed by atoms with Crippen LogP contribution in [-0.2, 0) is 7.05 Å². The minimum Gasteiger partial charge on any atom is -0.396 e. The zero-order valence-corrected chi connectivity index (χ0v) is 14.0. The van der Waals surface area contributed by atoms with E-state index in [1.165, 1.54) is 5.56 Å². The standard InChI is InChI=1S/C21H23NO2/c1-22-20-13-6-5-12-18(20)19(15-24)21(22)17(11-7-8-14-23)16-9-3-2-4-10-16/h2-6,9-10,12-13,15,17,23H,7-8,11,14H2,1H3/t17-/m0/s1. The smallest absolute Gasteiger partial charge is 0.152 e. The van der Waals surface area contributed by atoms with Crippen LogP contribution in [0.2, 0.25) is 0 Å². The van der Waals surface area contributed by atoms with Crippen LogP contribution < -0.4 is 0 Å². The number of aromatic nitrogens is 1. The number of aldehydes is 1. The first-order valence-electron chi connectivity index (χ1n) is 8.46. The van der Waals surface area contributed by atoms with Crippen molar-refractivity contribution in [2.75, 3.05) is 6.61 Å². The van der Waals surface area contributed by atoms with Crippen molar-refractivity contribution in [2.24, 2.45) is 7.05 Å². The Hall–Kier alpha value is -2.39. The summed E-state index contributed by atoms with van der Waals surface area (Å²) in [6.07, 6.45) is 3.61. The van der Waals surface area contributed by atoms with E-state index < -0.39 is 0 Å². The predicted molar refractivity (Wildman–Crippen MR) is 97.5 cm³/mol. The second-order valence-corrected chi connectivity index (χ2v) is 6.18. The number of benzene rings is 2. The Morgan fingerprint density at radius 1 is 1.04 bits per heavy atom. The highest BCUT2D eigenvalue weighted by Gasteiger charge is 2.23. The highest BCUT2D eigenvalue weighted by atomic mass is 16.2. The van der Waals surface area contributed by atoms with Crippen molar-refractivity contribution >= 4 is 17.2 Å². The third kappa shape index (κ3) is 3.00. The summed E-state index contributed by atoms with van der Waals surface area (Å²) in [7, 11) is 2.03. The summed E-state index contributed by atoms with van der Waals surface area (Å²) < 4.78 is 2.15. The first-order chi connectivity index (χ1) is 11.8. The molecular formula is C21H23NO2. The molecule has 0 unspecified atom stereocenters. The number of nitrogens with zero attached hydrogens (tertiary/aromatic N) is 1. The fourth-order valence-electron chi connectivity index (χ4n) is 3.59. The van der Waals surface area contributed by atoms with Crippen LogP contribution in [0.4, 0.5) is 0 Å². The molecule has 0 aliphatic rings. The molecule has 0 saturated carbocycles. The van der Waals surface area contributed by atoms with E-state index in [1.807, 2.05) is 43.4 Å². The van der Waals surface area contributed by atoms with Crippen LogP contribution in [0.1, 0.15) is 46.8 Å². The van der Waals surface area contributed by atoms with Gasteiger partial charge in [0.05, 0.1) is 0 Å². The molecule has 1 heterocycles. The van der Waals surface area contributed by atoms with Crippen molar-refractivity contribution in [1.82, 2.24) is 4.57 Å². The molecular weight excluding hydrogens is 298 g/mol. The van der Waals surface area contributed by atoms with Gasteiger partial charge >= 0.3 is 0 Å². The van der Waals surface area contributed by atoms with Crippen LogP contribution in [0.3, 0.4) is 0 Å². The maximum Gasteiger partial charge on any atom is 0.152 e. The van der Waals surface area contributed by atoms with E-state index in [4.69, 9.17) is 5.11 Å². The number of fused-ring (bicyclic) bond motifs is 1. The van der Waals surface area contributed by atoms with Gasteiger partial charge in [0.15, 0.2) is 6.29 Å². The predicted octanol–water partition coefficient (Wildman–Crippen LogP) is 4.29. The largest absolute Gasteiger partial charge is 0.396 e. The Balaban J connectivity index is 2.15. The number of aryl methyl sites for hydroxylation is 1. The molecule has 2 aromatic carbocycles. The second kappa shape index (κ2) is 7.45. The van der Waals surface area contributed by atoms with Gasteiger partial charge in [-0.3, -0.25) is 4.79 Å². The van der Waals surface area contributed by atoms with E-state index in [1.54, 1.807) is 0 Å². The van der Waals surface area contributed by atoms with Crippen molar-refractivity contribution < 1.29 is 9.90 Å². The molecule has 1 aromatic heterocycles. The Morgan fingerprint density at radius 2 is 1.75 bits per heavy atom. The molecule has 3 rings (SSSR count). The maximum atomic E-state index is 11.9. The van der Waals surface area contributed by atoms with Gasteiger partial charge in [0.1, 0.15) is 0 Å². The minimum atomic E-state index is 0.148. The fraction of sp³-hybridized carbons (Fsp3) is 0.286. The molecule has 3 nitrogen and oxygen atoms in total. The number of rotatable bonds is 7. The van der Waals surface area contributed by atoms with Crippen molar-refractivity contribution in [3.05, 3.63) is 71.4 Å². The zero-order chi connectivity index (χ0) is 16.9. The van der Waals surface area contributed by atoms with Gasteiger partial charge in [-0.05, 0) is 24.5 Å². The number of hydrogen-bond donors (Lipinski definition) is 1. The molecule has 3 heteroatoms. The average molecular weight is 321 g/mol. The molecule has 1 N–H and O–H groups in total. The maximum absolute atomic E-state index is 11.9. The average Bonchev–Trinajstić information content (AvgIpc) is 2.92. The molecule has 0 bridgehead atoms. The molecule has 3 aromatic rings. The van der Waals surface area contributed by atoms with E-state index >= 15 is 0 Å². The van der Waals surface area contributed by atoms with Crippen LogP contribution in [0.5, 0.6) is 0 Å². The number of aliphatic hydroxyl groups is 1. The van der Waals surface area contributed by atoms with Gasteiger partial charge in [-0.1, -0.05) is 55.0 Å². The van der Waals surface area contributed by atoms with Gasteiger partial charge in [-0.15, -0.1) is 0 Å². The van der Waals surface area contributed by atoms with E-state index in [0.29, 0.717) is 0 Å². The summed E-state index contributed by atoms with van der Waals surface area (Å²) in [6, 6.07) is 18.4. The highest BCUT2D eigenvalue weighted by molar-refractivity contribution is 5.99. The lowest BCUT2D eigenvalue weighted by Crippen LogP contribution is -2.09. The third-order valence-electron chi connectivity index (χ3n) is 4.74. The SMILES string of the molecule is Cn1c([C@@H](CCCCO)c2ccccc2)c(C=O)c2ccccc21. The molecule has 0 aliphatic carbocycles. The van der Waals surface area contributed by atoms with Crippen molar-refractivity contribution in [3.63, 3.8) is 0 Å². The number of carbonyl (C=O) groups excluding carboxylic acids is 1. The molecule has 0 spiro atoms. The summed E-state index contributed by atoms with van der Waals surface area (Å²) in [5.74, 6) is 0.148. The lowest BCUT2D eigenvalue weighted by Gasteiger charge is -2.20. The topological polar surface area (TPSA) is 42.2 Å². The van der Waals surface area contributed by atoms with Crippen LogP contribution in [0.15, 0.2) is 54.6 Å². The summed E-state index contributed by atoms with van der Waals surface area (Å²) in [4.78, 5) is 11.9. The van der Waals surface area contributed by atoms with E-state index in [2.05, 4.69) is 22.8 Å². The zero-order valence-electron chi connectivity index (χ0n) is 14.0. The van der Waals surface area contributed by atoms with Gasteiger partial charge in [0, 0.05) is 41.7 Å². The minimum absolute atomic E-state index is 0.148. The summed E-state index contributed by atoms with van der Waals surface area (Å²) in [5.41, 5.74) is 4.14. The van der Waals surface area contributed by atoms with E-state index in [0.717, 1.165) is 47.7 Å². The van der Waals surface area contributed by atoms with Gasteiger partial charge < -0.3 is 9.67 Å². The lowest BCUT2D eigenvalue weighted by atomic mass is 9.88. The van der Waals surface area contributed by atoms with Crippen molar-refractivity contribution in [1.29, 1.82) is 0 Å². The van der Waals surface area contributed by atoms with Gasteiger partial charge in [-0.2, -0.15) is 0 Å². The van der Waals surface area contributed by atoms with Gasteiger partial charge in [0.2, 0.25) is 0 Å². The van der Waals surface area contributed by atoms with Crippen LogP contribution in [0.25, 0.3) is 10.9 Å². The molecule has 1 atom stereocenters. The number of aliphatic hydroxyl groups excluding tert-OH is 1. The first kappa shape index (κ1) is 16.5. The Morgan fingerprint density at radius 3 is 2.46 bits per heavy atom. The van der Waals surface area contributed by atoms with Crippen LogP contribution >= 0.6 is 0 Å². The fourth-order valence-corrected chi connectivity index (χ4v) is 3.59. The van der Waals surface area contributed by atoms with E-state index in [-0.39, 0.29) is 12.5 Å². The highest BCUT2D eigenvalue weighted by Crippen LogP contribution is 2.36. The van der Waals surface area contributed by atoms with Crippen molar-refractivity contribution in [2.45, 2.75) is 25.2 Å². The number of hydrogen-bond acceptors (Lipinski definition) is 2. The van der Waals surface area contributed by atoms with Crippen LogP contribution in [-0.4, -0.2) is 22.6 Å². The molecule has 0 amide bonds.